The number of carbonyl (C=O) groups excluding carboxylic acids is 2. The Bertz CT molecular complexity index is 1440. The summed E-state index contributed by atoms with van der Waals surface area (Å²) in [5.41, 5.74) is 10.3. The largest absolute Gasteiger partial charge is 0.497 e. The first-order valence-corrected chi connectivity index (χ1v) is 14.5. The number of benzene rings is 3. The van der Waals surface area contributed by atoms with Gasteiger partial charge in [-0.1, -0.05) is 30.3 Å². The number of ether oxygens (including phenoxy) is 2. The van der Waals surface area contributed by atoms with Crippen molar-refractivity contribution >= 4 is 17.5 Å². The molecule has 1 fully saturated rings. The van der Waals surface area contributed by atoms with Crippen molar-refractivity contribution in [3.63, 3.8) is 0 Å². The summed E-state index contributed by atoms with van der Waals surface area (Å²) in [5.74, 6) is -0.253. The molecule has 1 heterocycles. The number of primary amides is 1. The molecule has 3 aromatic carbocycles. The lowest BCUT2D eigenvalue weighted by molar-refractivity contribution is -0.181. The van der Waals surface area contributed by atoms with E-state index in [4.69, 9.17) is 20.0 Å². The molecule has 11 nitrogen and oxygen atoms in total. The van der Waals surface area contributed by atoms with Crippen molar-refractivity contribution in [3.8, 4) is 22.6 Å². The van der Waals surface area contributed by atoms with Crippen molar-refractivity contribution in [1.29, 1.82) is 0 Å². The molecule has 0 radical (unpaired) electrons. The van der Waals surface area contributed by atoms with Crippen molar-refractivity contribution in [2.24, 2.45) is 11.7 Å². The Morgan fingerprint density at radius 1 is 1.09 bits per heavy atom. The molecular weight excluding hydrogens is 564 g/mol. The van der Waals surface area contributed by atoms with E-state index >= 15 is 0 Å². The van der Waals surface area contributed by atoms with E-state index in [1.54, 1.807) is 21.1 Å². The van der Waals surface area contributed by atoms with Gasteiger partial charge in [-0.3, -0.25) is 14.4 Å². The van der Waals surface area contributed by atoms with E-state index < -0.39 is 30.1 Å². The second-order valence-electron chi connectivity index (χ2n) is 11.1. The van der Waals surface area contributed by atoms with Crippen LogP contribution in [0.3, 0.4) is 0 Å². The Balaban J connectivity index is 1.61. The number of para-hydroxylation sites is 1. The lowest BCUT2D eigenvalue weighted by Crippen LogP contribution is -2.47. The number of hydrogen-bond acceptors (Lipinski definition) is 9. The number of rotatable bonds is 13. The standard InChI is InChI=1S/C33H42N4O7/c1-20(39)29-28(19-38)44-37(30(29)32(34)40)18-22-7-6-8-27(31(22)43-5)23-15-24(17-25(16-23)36(2)3)33(41)35-14-13-21-9-11-26(42-4)12-10-21/h6-12,15-17,20,28-30,38-39H,13-14,18-19H2,1-5H3,(H2,34,40)(H,35,41)/t20-,28-,29+,30?/m0/s1. The molecule has 4 atom stereocenters. The third-order valence-electron chi connectivity index (χ3n) is 7.90. The maximum absolute atomic E-state index is 13.3. The molecular formula is C33H42N4O7. The van der Waals surface area contributed by atoms with Crippen molar-refractivity contribution < 1.29 is 34.1 Å². The van der Waals surface area contributed by atoms with Gasteiger partial charge in [-0.2, -0.15) is 5.06 Å². The van der Waals surface area contributed by atoms with E-state index in [1.165, 1.54) is 5.06 Å². The molecule has 5 N–H and O–H groups in total. The number of aliphatic hydroxyl groups excluding tert-OH is 2. The van der Waals surface area contributed by atoms with Gasteiger partial charge in [-0.15, -0.1) is 0 Å². The summed E-state index contributed by atoms with van der Waals surface area (Å²) in [6.07, 6.45) is -1.05. The van der Waals surface area contributed by atoms with Gasteiger partial charge in [0.1, 0.15) is 23.6 Å². The monoisotopic (exact) mass is 606 g/mol. The summed E-state index contributed by atoms with van der Waals surface area (Å²) in [4.78, 5) is 33.6. The van der Waals surface area contributed by atoms with Gasteiger partial charge in [0.25, 0.3) is 5.91 Å². The number of anilines is 1. The Morgan fingerprint density at radius 2 is 1.82 bits per heavy atom. The topological polar surface area (TPSA) is 147 Å². The normalized spacial score (nSPS) is 18.9. The van der Waals surface area contributed by atoms with Gasteiger partial charge in [0.2, 0.25) is 5.91 Å². The maximum atomic E-state index is 13.3. The maximum Gasteiger partial charge on any atom is 0.251 e. The van der Waals surface area contributed by atoms with E-state index in [0.29, 0.717) is 29.8 Å². The highest BCUT2D eigenvalue weighted by Gasteiger charge is 2.48. The fourth-order valence-electron chi connectivity index (χ4n) is 5.62. The molecule has 3 aromatic rings. The summed E-state index contributed by atoms with van der Waals surface area (Å²) in [6.45, 7) is 1.73. The van der Waals surface area contributed by atoms with Crippen molar-refractivity contribution in [2.45, 2.75) is 38.1 Å². The van der Waals surface area contributed by atoms with E-state index in [0.717, 1.165) is 28.1 Å². The molecule has 236 valence electrons. The van der Waals surface area contributed by atoms with Crippen molar-refractivity contribution in [2.75, 3.05) is 46.4 Å². The average Bonchev–Trinajstić information content (AvgIpc) is 3.40. The molecule has 0 spiro atoms. The molecule has 0 saturated carbocycles. The molecule has 1 aliphatic rings. The van der Waals surface area contributed by atoms with Gasteiger partial charge in [-0.25, -0.2) is 0 Å². The first-order valence-electron chi connectivity index (χ1n) is 14.5. The number of aliphatic hydroxyl groups is 2. The van der Waals surface area contributed by atoms with Gasteiger partial charge >= 0.3 is 0 Å². The Morgan fingerprint density at radius 3 is 2.41 bits per heavy atom. The summed E-state index contributed by atoms with van der Waals surface area (Å²) in [7, 11) is 6.99. The van der Waals surface area contributed by atoms with Crippen molar-refractivity contribution in [1.82, 2.24) is 10.4 Å². The molecule has 1 aliphatic heterocycles. The van der Waals surface area contributed by atoms with Crippen LogP contribution in [0.25, 0.3) is 11.1 Å². The van der Waals surface area contributed by atoms with Gasteiger partial charge in [0.15, 0.2) is 0 Å². The minimum Gasteiger partial charge on any atom is -0.497 e. The molecule has 1 saturated heterocycles. The molecule has 1 unspecified atom stereocenters. The molecule has 2 amide bonds. The van der Waals surface area contributed by atoms with Crippen LogP contribution in [0.4, 0.5) is 5.69 Å². The van der Waals surface area contributed by atoms with Gasteiger partial charge in [0.05, 0.1) is 33.5 Å². The van der Waals surface area contributed by atoms with Gasteiger partial charge in [-0.05, 0) is 54.8 Å². The zero-order chi connectivity index (χ0) is 32.0. The van der Waals surface area contributed by atoms with Crippen LogP contribution in [0.15, 0.2) is 60.7 Å². The summed E-state index contributed by atoms with van der Waals surface area (Å²) in [5, 5.41) is 24.6. The number of nitrogens with two attached hydrogens (primary N) is 1. The fraction of sp³-hybridized carbons (Fsp3) is 0.394. The second kappa shape index (κ2) is 14.5. The third-order valence-corrected chi connectivity index (χ3v) is 7.90. The van der Waals surface area contributed by atoms with Gasteiger partial charge in [0, 0.05) is 48.9 Å². The SMILES string of the molecule is COc1ccc(CCNC(=O)c2cc(-c3cccc(CN4O[C@@H](CO)[C@@H]([C@H](C)O)C4C(N)=O)c3OC)cc(N(C)C)c2)cc1. The van der Waals surface area contributed by atoms with Gasteiger partial charge < -0.3 is 35.6 Å². The van der Waals surface area contributed by atoms with Crippen LogP contribution in [0.2, 0.25) is 0 Å². The third kappa shape index (κ3) is 7.31. The molecule has 4 rings (SSSR count). The van der Waals surface area contributed by atoms with Crippen LogP contribution in [0, 0.1) is 5.92 Å². The highest BCUT2D eigenvalue weighted by atomic mass is 16.7. The quantitative estimate of drug-likeness (QED) is 0.230. The van der Waals surface area contributed by atoms with Crippen LogP contribution in [0.5, 0.6) is 11.5 Å². The smallest absolute Gasteiger partial charge is 0.251 e. The van der Waals surface area contributed by atoms with Crippen LogP contribution in [-0.2, 0) is 22.6 Å². The summed E-state index contributed by atoms with van der Waals surface area (Å²) >= 11 is 0. The number of methoxy groups -OCH3 is 2. The Kier molecular flexibility index (Phi) is 10.8. The number of amides is 2. The minimum absolute atomic E-state index is 0.108. The molecule has 0 bridgehead atoms. The summed E-state index contributed by atoms with van der Waals surface area (Å²) < 4.78 is 11.1. The Labute approximate surface area is 258 Å². The lowest BCUT2D eigenvalue weighted by atomic mass is 9.89. The van der Waals surface area contributed by atoms with Crippen LogP contribution in [0.1, 0.15) is 28.4 Å². The number of hydroxylamine groups is 2. The average molecular weight is 607 g/mol. The fourth-order valence-corrected chi connectivity index (χ4v) is 5.62. The zero-order valence-electron chi connectivity index (χ0n) is 25.8. The number of carbonyl (C=O) groups is 2. The highest BCUT2D eigenvalue weighted by Crippen LogP contribution is 2.38. The second-order valence-corrected chi connectivity index (χ2v) is 11.1. The van der Waals surface area contributed by atoms with Crippen molar-refractivity contribution in [3.05, 3.63) is 77.4 Å². The number of nitrogens with one attached hydrogen (secondary N) is 1. The molecule has 0 aromatic heterocycles. The number of nitrogens with zero attached hydrogens (tertiary/aromatic N) is 2. The highest BCUT2D eigenvalue weighted by molar-refractivity contribution is 5.97. The molecule has 0 aliphatic carbocycles. The minimum atomic E-state index is -0.953. The zero-order valence-corrected chi connectivity index (χ0v) is 25.8. The summed E-state index contributed by atoms with van der Waals surface area (Å²) in [6, 6.07) is 18.0. The number of hydrogen-bond donors (Lipinski definition) is 4. The van der Waals surface area contributed by atoms with E-state index in [2.05, 4.69) is 5.32 Å². The Hall–Kier alpha value is -4.16. The van der Waals surface area contributed by atoms with Crippen LogP contribution >= 0.6 is 0 Å². The molecule has 11 heteroatoms. The first kappa shape index (κ1) is 32.7. The van der Waals surface area contributed by atoms with Crippen LogP contribution < -0.4 is 25.4 Å². The van der Waals surface area contributed by atoms with E-state index in [9.17, 15) is 19.8 Å². The predicted molar refractivity (Wildman–Crippen MR) is 167 cm³/mol. The van der Waals surface area contributed by atoms with E-state index in [1.807, 2.05) is 79.7 Å². The lowest BCUT2D eigenvalue weighted by Gasteiger charge is -2.25. The van der Waals surface area contributed by atoms with E-state index in [-0.39, 0.29) is 19.1 Å². The predicted octanol–water partition coefficient (Wildman–Crippen LogP) is 2.37. The molecule has 44 heavy (non-hydrogen) atoms. The first-order chi connectivity index (χ1) is 21.1. The van der Waals surface area contributed by atoms with Crippen LogP contribution in [-0.4, -0.2) is 86.8 Å².